The molecule has 2 fully saturated rings. The number of nitrogens with one attached hydrogen (secondary N) is 1. The van der Waals surface area contributed by atoms with Crippen molar-refractivity contribution in [1.82, 2.24) is 24.6 Å². The standard InChI is InChI=1S/C18H25N5O3S/c24-18(19-14-5-1-2-6-14)9-12-23-17-8-7-15(13-16(17)20-21-23)27(25,26)22-10-3-4-11-22/h7-8,13-14H,1-6,9-12H2,(H,19,24). The SMILES string of the molecule is O=C(CCn1nnc2cc(S(=O)(=O)N3CCCC3)ccc21)NC1CCCC1. The van der Waals surface area contributed by atoms with Gasteiger partial charge in [-0.05, 0) is 43.9 Å². The average Bonchev–Trinajstić information content (AvgIpc) is 3.41. The first-order valence-electron chi connectivity index (χ1n) is 9.67. The Labute approximate surface area is 159 Å². The van der Waals surface area contributed by atoms with Crippen molar-refractivity contribution in [2.45, 2.75) is 62.4 Å². The van der Waals surface area contributed by atoms with E-state index in [0.717, 1.165) is 31.2 Å². The molecule has 9 heteroatoms. The van der Waals surface area contributed by atoms with Gasteiger partial charge in [0.05, 0.1) is 17.0 Å². The molecule has 2 heterocycles. The van der Waals surface area contributed by atoms with Crippen LogP contribution < -0.4 is 5.32 Å². The van der Waals surface area contributed by atoms with Gasteiger partial charge in [0.2, 0.25) is 15.9 Å². The van der Waals surface area contributed by atoms with Crippen molar-refractivity contribution in [1.29, 1.82) is 0 Å². The molecule has 146 valence electrons. The van der Waals surface area contributed by atoms with E-state index in [9.17, 15) is 13.2 Å². The fraction of sp³-hybridized carbons (Fsp3) is 0.611. The van der Waals surface area contributed by atoms with Gasteiger partial charge in [-0.25, -0.2) is 13.1 Å². The van der Waals surface area contributed by atoms with Gasteiger partial charge in [0, 0.05) is 25.6 Å². The number of carbonyl (C=O) groups is 1. The highest BCUT2D eigenvalue weighted by Gasteiger charge is 2.27. The summed E-state index contributed by atoms with van der Waals surface area (Å²) >= 11 is 0. The minimum atomic E-state index is -3.47. The molecule has 1 amide bonds. The third-order valence-electron chi connectivity index (χ3n) is 5.46. The van der Waals surface area contributed by atoms with Crippen LogP contribution in [0.1, 0.15) is 44.9 Å². The Hall–Kier alpha value is -2.00. The molecular formula is C18H25N5O3S. The van der Waals surface area contributed by atoms with Crippen LogP contribution in [0.15, 0.2) is 23.1 Å². The highest BCUT2D eigenvalue weighted by Crippen LogP contribution is 2.24. The zero-order valence-corrected chi connectivity index (χ0v) is 16.1. The summed E-state index contributed by atoms with van der Waals surface area (Å²) in [4.78, 5) is 12.4. The minimum absolute atomic E-state index is 0.0266. The Morgan fingerprint density at radius 1 is 1.15 bits per heavy atom. The molecule has 1 aromatic heterocycles. The molecule has 0 radical (unpaired) electrons. The Bertz CT molecular complexity index is 928. The van der Waals surface area contributed by atoms with E-state index in [0.29, 0.717) is 37.6 Å². The maximum Gasteiger partial charge on any atom is 0.243 e. The van der Waals surface area contributed by atoms with Crippen LogP contribution in [0, 0.1) is 0 Å². The van der Waals surface area contributed by atoms with Gasteiger partial charge in [0.25, 0.3) is 0 Å². The third kappa shape index (κ3) is 3.84. The molecule has 1 saturated carbocycles. The summed E-state index contributed by atoms with van der Waals surface area (Å²) in [5.74, 6) is 0.0266. The Kier molecular flexibility index (Phi) is 5.14. The topological polar surface area (TPSA) is 97.2 Å². The van der Waals surface area contributed by atoms with Crippen molar-refractivity contribution in [3.05, 3.63) is 18.2 Å². The second kappa shape index (κ2) is 7.55. The first kappa shape index (κ1) is 18.4. The lowest BCUT2D eigenvalue weighted by Crippen LogP contribution is -2.33. The molecule has 27 heavy (non-hydrogen) atoms. The molecule has 0 bridgehead atoms. The van der Waals surface area contributed by atoms with Crippen LogP contribution in [0.3, 0.4) is 0 Å². The third-order valence-corrected chi connectivity index (χ3v) is 7.35. The minimum Gasteiger partial charge on any atom is -0.353 e. The highest BCUT2D eigenvalue weighted by molar-refractivity contribution is 7.89. The molecule has 1 saturated heterocycles. The Morgan fingerprint density at radius 2 is 1.89 bits per heavy atom. The van der Waals surface area contributed by atoms with Crippen LogP contribution in [-0.4, -0.2) is 52.8 Å². The lowest BCUT2D eigenvalue weighted by atomic mass is 10.2. The molecule has 1 aliphatic heterocycles. The summed E-state index contributed by atoms with van der Waals surface area (Å²) in [6.07, 6.45) is 6.63. The van der Waals surface area contributed by atoms with Gasteiger partial charge >= 0.3 is 0 Å². The first-order valence-corrected chi connectivity index (χ1v) is 11.1. The van der Waals surface area contributed by atoms with Gasteiger partial charge in [-0.3, -0.25) is 4.79 Å². The smallest absolute Gasteiger partial charge is 0.243 e. The average molecular weight is 391 g/mol. The first-order chi connectivity index (χ1) is 13.0. The molecule has 0 unspecified atom stereocenters. The van der Waals surface area contributed by atoms with E-state index in [-0.39, 0.29) is 10.8 Å². The van der Waals surface area contributed by atoms with Crippen molar-refractivity contribution >= 4 is 27.0 Å². The fourth-order valence-corrected chi connectivity index (χ4v) is 5.47. The quantitative estimate of drug-likeness (QED) is 0.808. The summed E-state index contributed by atoms with van der Waals surface area (Å²) in [6.45, 7) is 1.57. The molecule has 0 spiro atoms. The van der Waals surface area contributed by atoms with E-state index < -0.39 is 10.0 Å². The highest BCUT2D eigenvalue weighted by atomic mass is 32.2. The predicted molar refractivity (Wildman–Crippen MR) is 101 cm³/mol. The van der Waals surface area contributed by atoms with Crippen LogP contribution in [-0.2, 0) is 21.4 Å². The summed E-state index contributed by atoms with van der Waals surface area (Å²) in [5.41, 5.74) is 1.27. The Balaban J connectivity index is 1.45. The van der Waals surface area contributed by atoms with E-state index in [2.05, 4.69) is 15.6 Å². The van der Waals surface area contributed by atoms with Crippen molar-refractivity contribution in [2.75, 3.05) is 13.1 Å². The molecular weight excluding hydrogens is 366 g/mol. The Morgan fingerprint density at radius 3 is 2.63 bits per heavy atom. The lowest BCUT2D eigenvalue weighted by molar-refractivity contribution is -0.122. The number of carbonyl (C=O) groups excluding carboxylic acids is 1. The van der Waals surface area contributed by atoms with Gasteiger partial charge in [0.1, 0.15) is 5.52 Å². The van der Waals surface area contributed by atoms with Gasteiger partial charge in [-0.2, -0.15) is 4.31 Å². The molecule has 0 atom stereocenters. The van der Waals surface area contributed by atoms with E-state index in [1.54, 1.807) is 22.9 Å². The fourth-order valence-electron chi connectivity index (χ4n) is 3.93. The number of nitrogens with zero attached hydrogens (tertiary/aromatic N) is 4. The molecule has 1 aromatic carbocycles. The van der Waals surface area contributed by atoms with Crippen LogP contribution in [0.4, 0.5) is 0 Å². The zero-order chi connectivity index (χ0) is 18.9. The van der Waals surface area contributed by atoms with E-state index in [1.807, 2.05) is 0 Å². The predicted octanol–water partition coefficient (Wildman–Crippen LogP) is 1.66. The second-order valence-corrected chi connectivity index (χ2v) is 9.31. The summed E-state index contributed by atoms with van der Waals surface area (Å²) in [6, 6.07) is 5.22. The second-order valence-electron chi connectivity index (χ2n) is 7.37. The van der Waals surface area contributed by atoms with Crippen molar-refractivity contribution in [2.24, 2.45) is 0 Å². The largest absolute Gasteiger partial charge is 0.353 e. The van der Waals surface area contributed by atoms with Crippen molar-refractivity contribution in [3.63, 3.8) is 0 Å². The normalized spacial score (nSPS) is 19.1. The van der Waals surface area contributed by atoms with E-state index >= 15 is 0 Å². The van der Waals surface area contributed by atoms with E-state index in [4.69, 9.17) is 0 Å². The zero-order valence-electron chi connectivity index (χ0n) is 15.3. The van der Waals surface area contributed by atoms with Gasteiger partial charge in [0.15, 0.2) is 0 Å². The van der Waals surface area contributed by atoms with Crippen molar-refractivity contribution < 1.29 is 13.2 Å². The maximum absolute atomic E-state index is 12.7. The maximum atomic E-state index is 12.7. The van der Waals surface area contributed by atoms with Crippen LogP contribution >= 0.6 is 0 Å². The van der Waals surface area contributed by atoms with Crippen LogP contribution in [0.5, 0.6) is 0 Å². The van der Waals surface area contributed by atoms with Gasteiger partial charge < -0.3 is 5.32 Å². The number of hydrogen-bond acceptors (Lipinski definition) is 5. The van der Waals surface area contributed by atoms with Crippen LogP contribution in [0.2, 0.25) is 0 Å². The molecule has 4 rings (SSSR count). The summed E-state index contributed by atoms with van der Waals surface area (Å²) in [7, 11) is -3.47. The number of amides is 1. The van der Waals surface area contributed by atoms with Crippen LogP contribution in [0.25, 0.3) is 11.0 Å². The molecule has 1 N–H and O–H groups in total. The van der Waals surface area contributed by atoms with Crippen molar-refractivity contribution in [3.8, 4) is 0 Å². The van der Waals surface area contributed by atoms with Gasteiger partial charge in [-0.1, -0.05) is 18.1 Å². The lowest BCUT2D eigenvalue weighted by Gasteiger charge is -2.15. The number of aryl methyl sites for hydroxylation is 1. The number of fused-ring (bicyclic) bond motifs is 1. The molecule has 8 nitrogen and oxygen atoms in total. The number of aromatic nitrogens is 3. The number of benzene rings is 1. The molecule has 2 aromatic rings. The summed E-state index contributed by atoms with van der Waals surface area (Å²) in [5, 5.41) is 11.3. The number of sulfonamides is 1. The summed E-state index contributed by atoms with van der Waals surface area (Å²) < 4.78 is 28.5. The molecule has 2 aliphatic rings. The number of rotatable bonds is 6. The molecule has 1 aliphatic carbocycles. The van der Waals surface area contributed by atoms with E-state index in [1.165, 1.54) is 17.1 Å². The number of hydrogen-bond donors (Lipinski definition) is 1. The monoisotopic (exact) mass is 391 g/mol. The van der Waals surface area contributed by atoms with Gasteiger partial charge in [-0.15, -0.1) is 5.10 Å².